The fraction of sp³-hybridized carbons (Fsp3) is 0.300. The van der Waals surface area contributed by atoms with Gasteiger partial charge >= 0.3 is 0 Å². The maximum absolute atomic E-state index is 13.0. The van der Waals surface area contributed by atoms with Gasteiger partial charge in [-0.05, 0) is 54.3 Å². The molecule has 0 heterocycles. The van der Waals surface area contributed by atoms with E-state index >= 15 is 0 Å². The van der Waals surface area contributed by atoms with Crippen molar-refractivity contribution in [2.75, 3.05) is 19.1 Å². The third kappa shape index (κ3) is 6.62. The van der Waals surface area contributed by atoms with Crippen molar-refractivity contribution in [3.05, 3.63) is 63.6 Å². The normalized spacial score (nSPS) is 12.2. The van der Waals surface area contributed by atoms with Gasteiger partial charge in [0, 0.05) is 18.6 Å². The van der Waals surface area contributed by atoms with Crippen LogP contribution in [0.5, 0.6) is 0 Å². The summed E-state index contributed by atoms with van der Waals surface area (Å²) in [4.78, 5) is 14.3. The van der Waals surface area contributed by atoms with Crippen molar-refractivity contribution in [3.63, 3.8) is 0 Å². The Hall–Kier alpha value is -1.76. The molecular weight excluding hydrogens is 465 g/mol. The van der Waals surface area contributed by atoms with E-state index in [9.17, 15) is 13.2 Å². The Labute approximate surface area is 191 Å². The minimum atomic E-state index is -4.06. The summed E-state index contributed by atoms with van der Waals surface area (Å²) in [7, 11) is -2.46. The maximum atomic E-state index is 13.0. The van der Waals surface area contributed by atoms with Crippen LogP contribution in [0, 0.1) is 11.3 Å². The standard InChI is InChI=1S/C20H21Cl2N3O3S2/c1-25(13-15-5-3-14(12-23)4-6-15)20(26)18(9-10-29-2)24-30(27,28)19-11-16(21)7-8-17(19)22/h3-8,11,18,24H,9-10,13H2,1-2H3. The first-order chi connectivity index (χ1) is 14.2. The van der Waals surface area contributed by atoms with Gasteiger partial charge in [-0.1, -0.05) is 35.3 Å². The Balaban J connectivity index is 2.21. The van der Waals surface area contributed by atoms with Crippen LogP contribution in [0.1, 0.15) is 17.5 Å². The molecule has 2 aromatic rings. The lowest BCUT2D eigenvalue weighted by molar-refractivity contribution is -0.132. The molecular formula is C20H21Cl2N3O3S2. The summed E-state index contributed by atoms with van der Waals surface area (Å²) in [6.07, 6.45) is 2.19. The number of benzene rings is 2. The van der Waals surface area contributed by atoms with Gasteiger partial charge in [0.15, 0.2) is 0 Å². The van der Waals surface area contributed by atoms with E-state index in [2.05, 4.69) is 4.72 Å². The number of hydrogen-bond donors (Lipinski definition) is 1. The quantitative estimate of drug-likeness (QED) is 0.580. The van der Waals surface area contributed by atoms with Crippen LogP contribution in [0.15, 0.2) is 47.4 Å². The molecule has 0 saturated heterocycles. The number of halogens is 2. The number of carbonyl (C=O) groups excluding carboxylic acids is 1. The number of nitrogens with zero attached hydrogens (tertiary/aromatic N) is 2. The summed E-state index contributed by atoms with van der Waals surface area (Å²) in [5.41, 5.74) is 1.35. The summed E-state index contributed by atoms with van der Waals surface area (Å²) in [5, 5.41) is 9.14. The molecule has 0 aliphatic rings. The van der Waals surface area contributed by atoms with E-state index < -0.39 is 16.1 Å². The van der Waals surface area contributed by atoms with Crippen LogP contribution < -0.4 is 4.72 Å². The van der Waals surface area contributed by atoms with Crippen LogP contribution >= 0.6 is 35.0 Å². The molecule has 0 saturated carbocycles. The molecule has 0 aliphatic carbocycles. The van der Waals surface area contributed by atoms with Crippen molar-refractivity contribution >= 4 is 50.9 Å². The number of sulfonamides is 1. The highest BCUT2D eigenvalue weighted by Crippen LogP contribution is 2.25. The molecule has 6 nitrogen and oxygen atoms in total. The van der Waals surface area contributed by atoms with E-state index in [0.717, 1.165) is 5.56 Å². The first-order valence-corrected chi connectivity index (χ1v) is 12.5. The Morgan fingerprint density at radius 3 is 2.50 bits per heavy atom. The predicted molar refractivity (Wildman–Crippen MR) is 121 cm³/mol. The Bertz CT molecular complexity index is 1040. The molecule has 2 rings (SSSR count). The van der Waals surface area contributed by atoms with E-state index in [0.29, 0.717) is 17.7 Å². The smallest absolute Gasteiger partial charge is 0.242 e. The summed E-state index contributed by atoms with van der Waals surface area (Å²) in [6.45, 7) is 0.278. The highest BCUT2D eigenvalue weighted by Gasteiger charge is 2.29. The molecule has 0 fully saturated rings. The summed E-state index contributed by atoms with van der Waals surface area (Å²) in [6, 6.07) is 12.1. The number of amides is 1. The average molecular weight is 486 g/mol. The van der Waals surface area contributed by atoms with Crippen molar-refractivity contribution in [2.45, 2.75) is 23.9 Å². The molecule has 1 atom stereocenters. The van der Waals surface area contributed by atoms with Gasteiger partial charge < -0.3 is 4.90 Å². The molecule has 0 aromatic heterocycles. The SMILES string of the molecule is CSCCC(NS(=O)(=O)c1cc(Cl)ccc1Cl)C(=O)N(C)Cc1ccc(C#N)cc1. The molecule has 30 heavy (non-hydrogen) atoms. The molecule has 1 amide bonds. The van der Waals surface area contributed by atoms with E-state index in [1.165, 1.54) is 34.9 Å². The summed E-state index contributed by atoms with van der Waals surface area (Å²) >= 11 is 13.5. The zero-order valence-corrected chi connectivity index (χ0v) is 19.6. The second-order valence-electron chi connectivity index (χ2n) is 6.53. The monoisotopic (exact) mass is 485 g/mol. The first kappa shape index (κ1) is 24.5. The number of hydrogen-bond acceptors (Lipinski definition) is 5. The summed E-state index contributed by atoms with van der Waals surface area (Å²) in [5.74, 6) is 0.225. The van der Waals surface area contributed by atoms with Crippen LogP contribution in [0.3, 0.4) is 0 Å². The van der Waals surface area contributed by atoms with Crippen LogP contribution in [-0.4, -0.2) is 44.3 Å². The number of nitrogens with one attached hydrogen (secondary N) is 1. The van der Waals surface area contributed by atoms with Crippen LogP contribution in [0.2, 0.25) is 10.0 Å². The van der Waals surface area contributed by atoms with E-state index in [1.54, 1.807) is 31.3 Å². The second-order valence-corrected chi connectivity index (χ2v) is 10.0. The fourth-order valence-corrected chi connectivity index (χ4v) is 5.16. The molecule has 0 aliphatic heterocycles. The van der Waals surface area contributed by atoms with Crippen LogP contribution in [-0.2, 0) is 21.4 Å². The summed E-state index contributed by atoms with van der Waals surface area (Å²) < 4.78 is 28.2. The third-order valence-electron chi connectivity index (χ3n) is 4.27. The largest absolute Gasteiger partial charge is 0.340 e. The number of likely N-dealkylation sites (N-methyl/N-ethyl adjacent to an activating group) is 1. The highest BCUT2D eigenvalue weighted by molar-refractivity contribution is 7.98. The van der Waals surface area contributed by atoms with Crippen molar-refractivity contribution in [3.8, 4) is 6.07 Å². The van der Waals surface area contributed by atoms with Gasteiger partial charge in [-0.25, -0.2) is 8.42 Å². The van der Waals surface area contributed by atoms with E-state index in [1.807, 2.05) is 12.3 Å². The Morgan fingerprint density at radius 2 is 1.90 bits per heavy atom. The van der Waals surface area contributed by atoms with Crippen LogP contribution in [0.25, 0.3) is 0 Å². The van der Waals surface area contributed by atoms with Crippen LogP contribution in [0.4, 0.5) is 0 Å². The van der Waals surface area contributed by atoms with Gasteiger partial charge in [0.05, 0.1) is 16.7 Å². The van der Waals surface area contributed by atoms with Crippen molar-refractivity contribution in [1.82, 2.24) is 9.62 Å². The Morgan fingerprint density at radius 1 is 1.23 bits per heavy atom. The molecule has 1 unspecified atom stereocenters. The second kappa shape index (κ2) is 11.0. The zero-order valence-electron chi connectivity index (χ0n) is 16.4. The lowest BCUT2D eigenvalue weighted by Gasteiger charge is -2.25. The molecule has 2 aromatic carbocycles. The number of rotatable bonds is 9. The molecule has 1 N–H and O–H groups in total. The van der Waals surface area contributed by atoms with Gasteiger partial charge in [-0.15, -0.1) is 0 Å². The zero-order chi connectivity index (χ0) is 22.3. The minimum absolute atomic E-state index is 0.0221. The molecule has 10 heteroatoms. The van der Waals surface area contributed by atoms with E-state index in [4.69, 9.17) is 28.5 Å². The number of nitriles is 1. The molecule has 0 spiro atoms. The lowest BCUT2D eigenvalue weighted by atomic mass is 10.1. The van der Waals surface area contributed by atoms with Gasteiger partial charge in [0.1, 0.15) is 10.9 Å². The van der Waals surface area contributed by atoms with Gasteiger partial charge in [-0.2, -0.15) is 21.7 Å². The highest BCUT2D eigenvalue weighted by atomic mass is 35.5. The van der Waals surface area contributed by atoms with Gasteiger partial charge in [0.25, 0.3) is 0 Å². The minimum Gasteiger partial charge on any atom is -0.340 e. The van der Waals surface area contributed by atoms with Gasteiger partial charge in [-0.3, -0.25) is 4.79 Å². The van der Waals surface area contributed by atoms with E-state index in [-0.39, 0.29) is 27.4 Å². The average Bonchev–Trinajstić information content (AvgIpc) is 2.72. The molecule has 0 bridgehead atoms. The Kier molecular flexibility index (Phi) is 9.01. The van der Waals surface area contributed by atoms with Gasteiger partial charge in [0.2, 0.25) is 15.9 Å². The fourth-order valence-electron chi connectivity index (χ4n) is 2.70. The number of carbonyl (C=O) groups is 1. The maximum Gasteiger partial charge on any atom is 0.242 e. The topological polar surface area (TPSA) is 90.3 Å². The predicted octanol–water partition coefficient (Wildman–Crippen LogP) is 3.92. The number of thioether (sulfide) groups is 1. The molecule has 0 radical (unpaired) electrons. The third-order valence-corrected chi connectivity index (χ3v) is 7.10. The first-order valence-electron chi connectivity index (χ1n) is 8.88. The lowest BCUT2D eigenvalue weighted by Crippen LogP contribution is -2.47. The van der Waals surface area contributed by atoms with Crippen molar-refractivity contribution in [2.24, 2.45) is 0 Å². The van der Waals surface area contributed by atoms with Crippen molar-refractivity contribution < 1.29 is 13.2 Å². The van der Waals surface area contributed by atoms with Crippen molar-refractivity contribution in [1.29, 1.82) is 5.26 Å². The molecule has 160 valence electrons.